The second kappa shape index (κ2) is 4.74. The highest BCUT2D eigenvalue weighted by Crippen LogP contribution is 2.25. The van der Waals surface area contributed by atoms with E-state index in [1.165, 1.54) is 12.1 Å². The molecule has 92 valence electrons. The largest absolute Gasteiger partial charge is 0.380 e. The molecular weight excluding hydrogens is 289 g/mol. The topological polar surface area (TPSA) is 38.3 Å². The van der Waals surface area contributed by atoms with Crippen LogP contribution < -0.4 is 5.32 Å². The quantitative estimate of drug-likeness (QED) is 0.931. The second-order valence-electron chi connectivity index (χ2n) is 4.62. The van der Waals surface area contributed by atoms with Crippen LogP contribution in [0.3, 0.4) is 0 Å². The van der Waals surface area contributed by atoms with Gasteiger partial charge in [0.05, 0.1) is 17.7 Å². The fraction of sp³-hybridized carbons (Fsp3) is 0.417. The number of benzene rings is 1. The van der Waals surface area contributed by atoms with Crippen molar-refractivity contribution in [2.45, 2.75) is 6.92 Å². The van der Waals surface area contributed by atoms with Gasteiger partial charge in [0.15, 0.2) is 0 Å². The molecule has 1 saturated heterocycles. The van der Waals surface area contributed by atoms with Gasteiger partial charge in [-0.3, -0.25) is 4.79 Å². The molecule has 1 fully saturated rings. The summed E-state index contributed by atoms with van der Waals surface area (Å²) in [5.74, 6) is -0.694. The van der Waals surface area contributed by atoms with Crippen molar-refractivity contribution in [3.63, 3.8) is 0 Å². The minimum atomic E-state index is -0.434. The summed E-state index contributed by atoms with van der Waals surface area (Å²) in [6.07, 6.45) is 0. The normalized spacial score (nSPS) is 17.4. The fourth-order valence-corrected chi connectivity index (χ4v) is 1.83. The Labute approximate surface area is 107 Å². The van der Waals surface area contributed by atoms with Crippen LogP contribution in [-0.2, 0) is 4.74 Å². The Hall–Kier alpha value is -0.940. The molecule has 0 spiro atoms. The maximum atomic E-state index is 13.2. The molecule has 0 atom stereocenters. The summed E-state index contributed by atoms with van der Waals surface area (Å²) >= 11 is 3.05. The monoisotopic (exact) mass is 301 g/mol. The number of amides is 1. The van der Waals surface area contributed by atoms with E-state index in [-0.39, 0.29) is 11.3 Å². The van der Waals surface area contributed by atoms with Gasteiger partial charge in [0.2, 0.25) is 0 Å². The van der Waals surface area contributed by atoms with E-state index in [0.717, 1.165) is 0 Å². The molecule has 1 N–H and O–H groups in total. The summed E-state index contributed by atoms with van der Waals surface area (Å²) in [6, 6.07) is 4.33. The van der Waals surface area contributed by atoms with Gasteiger partial charge in [0, 0.05) is 17.5 Å². The zero-order valence-corrected chi connectivity index (χ0v) is 11.0. The summed E-state index contributed by atoms with van der Waals surface area (Å²) in [7, 11) is 0. The maximum absolute atomic E-state index is 13.2. The Morgan fingerprint density at radius 1 is 1.59 bits per heavy atom. The zero-order valence-electron chi connectivity index (χ0n) is 9.43. The Bertz CT molecular complexity index is 446. The zero-order chi connectivity index (χ0) is 12.5. The predicted octanol–water partition coefficient (Wildman–Crippen LogP) is 2.35. The molecule has 1 heterocycles. The third-order valence-electron chi connectivity index (χ3n) is 2.76. The molecule has 0 aromatic heterocycles. The number of rotatable bonds is 3. The van der Waals surface area contributed by atoms with Crippen molar-refractivity contribution in [1.82, 2.24) is 5.32 Å². The molecule has 0 unspecified atom stereocenters. The lowest BCUT2D eigenvalue weighted by Crippen LogP contribution is -2.48. The molecule has 0 radical (unpaired) electrons. The number of ether oxygens (including phenoxy) is 1. The number of carbonyl (C=O) groups is 1. The molecule has 2 rings (SSSR count). The molecule has 0 aliphatic carbocycles. The fourth-order valence-electron chi connectivity index (χ4n) is 1.59. The molecule has 3 nitrogen and oxygen atoms in total. The Morgan fingerprint density at radius 2 is 2.29 bits per heavy atom. The van der Waals surface area contributed by atoms with Crippen LogP contribution in [-0.4, -0.2) is 25.7 Å². The van der Waals surface area contributed by atoms with Crippen LogP contribution in [0.25, 0.3) is 0 Å². The van der Waals surface area contributed by atoms with Gasteiger partial charge in [0.25, 0.3) is 5.91 Å². The number of carbonyl (C=O) groups excluding carboxylic acids is 1. The minimum absolute atomic E-state index is 0.0174. The highest BCUT2D eigenvalue weighted by molar-refractivity contribution is 9.10. The number of nitrogens with one attached hydrogen (secondary N) is 1. The van der Waals surface area contributed by atoms with E-state index >= 15 is 0 Å². The van der Waals surface area contributed by atoms with E-state index in [4.69, 9.17) is 4.74 Å². The van der Waals surface area contributed by atoms with E-state index < -0.39 is 5.82 Å². The SMILES string of the molecule is CC1(CNC(=O)c2ccc(Br)c(F)c2)COC1. The molecular formula is C12H13BrFNO2. The molecule has 1 amide bonds. The summed E-state index contributed by atoms with van der Waals surface area (Å²) in [5, 5.41) is 2.79. The van der Waals surface area contributed by atoms with Crippen molar-refractivity contribution >= 4 is 21.8 Å². The van der Waals surface area contributed by atoms with Gasteiger partial charge in [-0.1, -0.05) is 6.92 Å². The number of hydrogen-bond donors (Lipinski definition) is 1. The van der Waals surface area contributed by atoms with E-state index in [1.807, 2.05) is 6.92 Å². The van der Waals surface area contributed by atoms with E-state index in [0.29, 0.717) is 29.8 Å². The van der Waals surface area contributed by atoms with Crippen molar-refractivity contribution < 1.29 is 13.9 Å². The summed E-state index contributed by atoms with van der Waals surface area (Å²) in [4.78, 5) is 11.8. The van der Waals surface area contributed by atoms with Crippen molar-refractivity contribution in [2.24, 2.45) is 5.41 Å². The first-order chi connectivity index (χ1) is 8.00. The first-order valence-electron chi connectivity index (χ1n) is 5.31. The molecule has 0 saturated carbocycles. The summed E-state index contributed by atoms with van der Waals surface area (Å²) in [5.41, 5.74) is 0.346. The lowest BCUT2D eigenvalue weighted by molar-refractivity contribution is -0.0978. The van der Waals surface area contributed by atoms with Gasteiger partial charge in [-0.2, -0.15) is 0 Å². The van der Waals surface area contributed by atoms with Crippen molar-refractivity contribution in [2.75, 3.05) is 19.8 Å². The lowest BCUT2D eigenvalue weighted by Gasteiger charge is -2.38. The van der Waals surface area contributed by atoms with Crippen molar-refractivity contribution in [3.8, 4) is 0 Å². The highest BCUT2D eigenvalue weighted by atomic mass is 79.9. The third kappa shape index (κ3) is 2.84. The summed E-state index contributed by atoms with van der Waals surface area (Å²) < 4.78 is 18.7. The number of hydrogen-bond acceptors (Lipinski definition) is 2. The predicted molar refractivity (Wildman–Crippen MR) is 65.4 cm³/mol. The average molecular weight is 302 g/mol. The number of halogens is 2. The Morgan fingerprint density at radius 3 is 2.82 bits per heavy atom. The van der Waals surface area contributed by atoms with Crippen LogP contribution in [0.15, 0.2) is 22.7 Å². The van der Waals surface area contributed by atoms with E-state index in [9.17, 15) is 9.18 Å². The molecule has 1 aromatic carbocycles. The first-order valence-corrected chi connectivity index (χ1v) is 6.10. The van der Waals surface area contributed by atoms with Crippen LogP contribution in [0, 0.1) is 11.2 Å². The van der Waals surface area contributed by atoms with Gasteiger partial charge < -0.3 is 10.1 Å². The van der Waals surface area contributed by atoms with Gasteiger partial charge in [-0.25, -0.2) is 4.39 Å². The van der Waals surface area contributed by atoms with Gasteiger partial charge in [-0.05, 0) is 34.1 Å². The van der Waals surface area contributed by atoms with Crippen molar-refractivity contribution in [3.05, 3.63) is 34.1 Å². The van der Waals surface area contributed by atoms with Gasteiger partial charge in [-0.15, -0.1) is 0 Å². The van der Waals surface area contributed by atoms with Crippen LogP contribution in [0.2, 0.25) is 0 Å². The minimum Gasteiger partial charge on any atom is -0.380 e. The molecule has 1 aliphatic heterocycles. The average Bonchev–Trinajstić information content (AvgIpc) is 2.27. The van der Waals surface area contributed by atoms with Crippen LogP contribution in [0.4, 0.5) is 4.39 Å². The molecule has 0 bridgehead atoms. The molecule has 5 heteroatoms. The Kier molecular flexibility index (Phi) is 3.49. The highest BCUT2D eigenvalue weighted by Gasteiger charge is 2.33. The smallest absolute Gasteiger partial charge is 0.251 e. The molecule has 17 heavy (non-hydrogen) atoms. The van der Waals surface area contributed by atoms with Gasteiger partial charge >= 0.3 is 0 Å². The third-order valence-corrected chi connectivity index (χ3v) is 3.40. The van der Waals surface area contributed by atoms with E-state index in [1.54, 1.807) is 6.07 Å². The Balaban J connectivity index is 1.97. The van der Waals surface area contributed by atoms with Crippen molar-refractivity contribution in [1.29, 1.82) is 0 Å². The van der Waals surface area contributed by atoms with Crippen LogP contribution >= 0.6 is 15.9 Å². The maximum Gasteiger partial charge on any atom is 0.251 e. The summed E-state index contributed by atoms with van der Waals surface area (Å²) in [6.45, 7) is 3.90. The van der Waals surface area contributed by atoms with Gasteiger partial charge in [0.1, 0.15) is 5.82 Å². The standard InChI is InChI=1S/C12H13BrFNO2/c1-12(6-17-7-12)5-15-11(16)8-2-3-9(13)10(14)4-8/h2-4H,5-7H2,1H3,(H,15,16). The second-order valence-corrected chi connectivity index (χ2v) is 5.47. The molecule has 1 aromatic rings. The van der Waals surface area contributed by atoms with Crippen LogP contribution in [0.5, 0.6) is 0 Å². The van der Waals surface area contributed by atoms with E-state index in [2.05, 4.69) is 21.2 Å². The van der Waals surface area contributed by atoms with Crippen LogP contribution in [0.1, 0.15) is 17.3 Å². The molecule has 1 aliphatic rings. The lowest BCUT2D eigenvalue weighted by atomic mass is 9.88. The first kappa shape index (κ1) is 12.5.